The lowest BCUT2D eigenvalue weighted by Gasteiger charge is -2.22. The van der Waals surface area contributed by atoms with E-state index in [0.717, 1.165) is 22.5 Å². The van der Waals surface area contributed by atoms with Crippen molar-refractivity contribution in [2.75, 3.05) is 7.05 Å². The first kappa shape index (κ1) is 23.7. The Bertz CT molecular complexity index is 1170. The number of carbonyl (C=O) groups is 1. The maximum Gasteiger partial charge on any atom is 0.387 e. The van der Waals surface area contributed by atoms with E-state index in [1.54, 1.807) is 36.4 Å². The highest BCUT2D eigenvalue weighted by molar-refractivity contribution is 7.89. The van der Waals surface area contributed by atoms with Crippen LogP contribution < -0.4 is 10.1 Å². The summed E-state index contributed by atoms with van der Waals surface area (Å²) in [6, 6.07) is 13.0. The second-order valence-corrected chi connectivity index (χ2v) is 8.94. The molecule has 2 aromatic carbocycles. The Kier molecular flexibility index (Phi) is 7.49. The Balaban J connectivity index is 1.92. The van der Waals surface area contributed by atoms with Crippen LogP contribution in [0.15, 0.2) is 70.2 Å². The summed E-state index contributed by atoms with van der Waals surface area (Å²) in [4.78, 5) is 11.5. The first-order chi connectivity index (χ1) is 15.2. The van der Waals surface area contributed by atoms with Gasteiger partial charge in [-0.3, -0.25) is 4.79 Å². The number of benzene rings is 2. The third-order valence-electron chi connectivity index (χ3n) is 4.47. The Hall–Kier alpha value is -2.95. The molecule has 0 aliphatic carbocycles. The lowest BCUT2D eigenvalue weighted by atomic mass is 10.1. The van der Waals surface area contributed by atoms with Crippen molar-refractivity contribution in [3.8, 4) is 5.75 Å². The largest absolute Gasteiger partial charge is 0.468 e. The van der Waals surface area contributed by atoms with Crippen molar-refractivity contribution in [1.82, 2.24) is 9.62 Å². The number of rotatable bonds is 9. The van der Waals surface area contributed by atoms with Crippen molar-refractivity contribution in [2.45, 2.75) is 24.6 Å². The Morgan fingerprint density at radius 2 is 1.88 bits per heavy atom. The van der Waals surface area contributed by atoms with Crippen LogP contribution in [0.25, 0.3) is 0 Å². The number of sulfonamides is 1. The van der Waals surface area contributed by atoms with Crippen molar-refractivity contribution < 1.29 is 31.1 Å². The molecule has 170 valence electrons. The Morgan fingerprint density at radius 3 is 2.44 bits per heavy atom. The molecular weight excluding hydrogens is 466 g/mol. The van der Waals surface area contributed by atoms with E-state index in [-0.39, 0.29) is 34.7 Å². The van der Waals surface area contributed by atoms with Crippen molar-refractivity contribution in [1.29, 1.82) is 0 Å². The van der Waals surface area contributed by atoms with Gasteiger partial charge in [0.05, 0.1) is 22.7 Å². The molecule has 3 aromatic rings. The summed E-state index contributed by atoms with van der Waals surface area (Å²) in [6.07, 6.45) is 1.42. The van der Waals surface area contributed by atoms with Crippen molar-refractivity contribution in [3.05, 3.63) is 82.8 Å². The fourth-order valence-corrected chi connectivity index (χ4v) is 4.61. The molecule has 0 saturated heterocycles. The number of nitrogens with one attached hydrogen (secondary N) is 1. The highest BCUT2D eigenvalue weighted by Crippen LogP contribution is 2.31. The maximum absolute atomic E-state index is 13.3. The summed E-state index contributed by atoms with van der Waals surface area (Å²) in [5, 5.41) is 2.25. The van der Waals surface area contributed by atoms with Gasteiger partial charge < -0.3 is 14.5 Å². The number of alkyl halides is 2. The number of hydrogen-bond donors (Lipinski definition) is 1. The fourth-order valence-electron chi connectivity index (χ4n) is 2.89. The first-order valence-electron chi connectivity index (χ1n) is 9.28. The van der Waals surface area contributed by atoms with Gasteiger partial charge in [0.25, 0.3) is 5.91 Å². The monoisotopic (exact) mass is 484 g/mol. The number of carbonyl (C=O) groups excluding carboxylic acids is 1. The molecule has 1 heterocycles. The third-order valence-corrected chi connectivity index (χ3v) is 6.55. The van der Waals surface area contributed by atoms with Gasteiger partial charge >= 0.3 is 6.61 Å². The predicted octanol–water partition coefficient (Wildman–Crippen LogP) is 4.29. The van der Waals surface area contributed by atoms with E-state index >= 15 is 0 Å². The molecule has 0 bridgehead atoms. The van der Waals surface area contributed by atoms with Gasteiger partial charge in [-0.25, -0.2) is 8.42 Å². The van der Waals surface area contributed by atoms with Crippen molar-refractivity contribution in [3.63, 3.8) is 0 Å². The molecule has 1 N–H and O–H groups in total. The molecular formula is C21H19ClF2N2O5S. The molecule has 1 aromatic heterocycles. The second kappa shape index (κ2) is 10.1. The van der Waals surface area contributed by atoms with E-state index in [2.05, 4.69) is 10.1 Å². The highest BCUT2D eigenvalue weighted by atomic mass is 35.5. The molecule has 3 rings (SSSR count). The van der Waals surface area contributed by atoms with Gasteiger partial charge in [-0.15, -0.1) is 0 Å². The minimum absolute atomic E-state index is 0.0377. The Morgan fingerprint density at radius 1 is 1.16 bits per heavy atom. The van der Waals surface area contributed by atoms with Crippen LogP contribution in [0.3, 0.4) is 0 Å². The molecule has 0 atom stereocenters. The second-order valence-electron chi connectivity index (χ2n) is 6.60. The van der Waals surface area contributed by atoms with Gasteiger partial charge in [0.1, 0.15) is 11.5 Å². The number of nitrogens with zero attached hydrogens (tertiary/aromatic N) is 1. The highest BCUT2D eigenvalue weighted by Gasteiger charge is 2.27. The SMILES string of the molecule is CNC(=O)c1ccc(CN(Cc2ccco2)S(=O)(=O)c2ccc(OC(F)F)c(Cl)c2)cc1. The van der Waals surface area contributed by atoms with Crippen LogP contribution in [0.2, 0.25) is 5.02 Å². The van der Waals surface area contributed by atoms with E-state index < -0.39 is 16.6 Å². The van der Waals surface area contributed by atoms with Gasteiger partial charge in [0.15, 0.2) is 0 Å². The van der Waals surface area contributed by atoms with E-state index in [1.807, 2.05) is 0 Å². The lowest BCUT2D eigenvalue weighted by Crippen LogP contribution is -2.30. The van der Waals surface area contributed by atoms with Crippen LogP contribution in [-0.4, -0.2) is 32.3 Å². The predicted molar refractivity (Wildman–Crippen MR) is 113 cm³/mol. The first-order valence-corrected chi connectivity index (χ1v) is 11.1. The summed E-state index contributed by atoms with van der Waals surface area (Å²) in [5.41, 5.74) is 1.05. The summed E-state index contributed by atoms with van der Waals surface area (Å²) >= 11 is 5.95. The number of amides is 1. The fraction of sp³-hybridized carbons (Fsp3) is 0.190. The van der Waals surface area contributed by atoms with Crippen LogP contribution in [0, 0.1) is 0 Å². The number of halogens is 3. The smallest absolute Gasteiger partial charge is 0.387 e. The minimum Gasteiger partial charge on any atom is -0.468 e. The van der Waals surface area contributed by atoms with E-state index in [0.29, 0.717) is 16.9 Å². The molecule has 0 aliphatic heterocycles. The standard InChI is InChI=1S/C21H19ClF2N2O5S/c1-25-20(27)15-6-4-14(5-7-15)12-26(13-16-3-2-10-30-16)32(28,29)17-8-9-19(18(22)11-17)31-21(23)24/h2-11,21H,12-13H2,1H3,(H,25,27). The van der Waals surface area contributed by atoms with E-state index in [1.165, 1.54) is 13.3 Å². The van der Waals surface area contributed by atoms with Crippen LogP contribution in [0.5, 0.6) is 5.75 Å². The van der Waals surface area contributed by atoms with Crippen molar-refractivity contribution in [2.24, 2.45) is 0 Å². The lowest BCUT2D eigenvalue weighted by molar-refractivity contribution is -0.0498. The molecule has 11 heteroatoms. The number of furan rings is 1. The maximum atomic E-state index is 13.3. The van der Waals surface area contributed by atoms with Crippen molar-refractivity contribution >= 4 is 27.5 Å². The molecule has 0 aliphatic rings. The molecule has 0 saturated carbocycles. The number of hydrogen-bond acceptors (Lipinski definition) is 5. The normalized spacial score (nSPS) is 11.7. The molecule has 0 radical (unpaired) electrons. The van der Waals surface area contributed by atoms with E-state index in [9.17, 15) is 22.0 Å². The molecule has 1 amide bonds. The van der Waals surface area contributed by atoms with Crippen LogP contribution in [-0.2, 0) is 23.1 Å². The van der Waals surface area contributed by atoms with Gasteiger partial charge in [-0.2, -0.15) is 13.1 Å². The molecule has 32 heavy (non-hydrogen) atoms. The van der Waals surface area contributed by atoms with Crippen LogP contribution in [0.1, 0.15) is 21.7 Å². The van der Waals surface area contributed by atoms with Crippen LogP contribution in [0.4, 0.5) is 8.78 Å². The molecule has 0 spiro atoms. The molecule has 0 unspecified atom stereocenters. The van der Waals surface area contributed by atoms with Gasteiger partial charge in [0, 0.05) is 19.2 Å². The zero-order chi connectivity index (χ0) is 23.3. The molecule has 7 nitrogen and oxygen atoms in total. The summed E-state index contributed by atoms with van der Waals surface area (Å²) in [5.74, 6) is -0.195. The summed E-state index contributed by atoms with van der Waals surface area (Å²) < 4.78 is 62.4. The number of ether oxygens (including phenoxy) is 1. The average molecular weight is 485 g/mol. The van der Waals surface area contributed by atoms with Gasteiger partial charge in [-0.05, 0) is 48.0 Å². The molecule has 0 fully saturated rings. The third kappa shape index (κ3) is 5.64. The zero-order valence-corrected chi connectivity index (χ0v) is 18.4. The zero-order valence-electron chi connectivity index (χ0n) is 16.8. The van der Waals surface area contributed by atoms with Gasteiger partial charge in [-0.1, -0.05) is 23.7 Å². The summed E-state index contributed by atoms with van der Waals surface area (Å²) in [7, 11) is -2.60. The summed E-state index contributed by atoms with van der Waals surface area (Å²) in [6.45, 7) is -3.22. The Labute approximate surface area is 188 Å². The minimum atomic E-state index is -4.11. The van der Waals surface area contributed by atoms with Gasteiger partial charge in [0.2, 0.25) is 10.0 Å². The average Bonchev–Trinajstić information content (AvgIpc) is 3.27. The van der Waals surface area contributed by atoms with Crippen LogP contribution >= 0.6 is 11.6 Å². The van der Waals surface area contributed by atoms with E-state index in [4.69, 9.17) is 16.0 Å². The quantitative estimate of drug-likeness (QED) is 0.489. The topological polar surface area (TPSA) is 88.9 Å².